The van der Waals surface area contributed by atoms with Crippen LogP contribution < -0.4 is 4.72 Å². The molecule has 0 aliphatic rings. The molecule has 0 spiro atoms. The van der Waals surface area contributed by atoms with Crippen molar-refractivity contribution in [2.75, 3.05) is 0 Å². The van der Waals surface area contributed by atoms with Crippen LogP contribution in [-0.2, 0) is 14.8 Å². The number of aryl methyl sites for hydroxylation is 1. The van der Waals surface area contributed by atoms with Crippen LogP contribution in [-0.4, -0.2) is 25.5 Å². The van der Waals surface area contributed by atoms with Crippen LogP contribution in [0, 0.1) is 6.92 Å². The lowest BCUT2D eigenvalue weighted by atomic mass is 10.1. The van der Waals surface area contributed by atoms with Crippen molar-refractivity contribution >= 4 is 16.0 Å². The highest BCUT2D eigenvalue weighted by atomic mass is 32.2. The van der Waals surface area contributed by atoms with E-state index in [-0.39, 0.29) is 11.3 Å². The Labute approximate surface area is 118 Å². The summed E-state index contributed by atoms with van der Waals surface area (Å²) in [7, 11) is -3.88. The smallest absolute Gasteiger partial charge is 0.322 e. The molecule has 5 nitrogen and oxygen atoms in total. The van der Waals surface area contributed by atoms with Crippen LogP contribution in [0.25, 0.3) is 0 Å². The second-order valence-electron chi connectivity index (χ2n) is 4.39. The van der Waals surface area contributed by atoms with Crippen LogP contribution in [0.5, 0.6) is 0 Å². The van der Waals surface area contributed by atoms with Gasteiger partial charge in [0.25, 0.3) is 0 Å². The van der Waals surface area contributed by atoms with Crippen LogP contribution in [0.3, 0.4) is 0 Å². The van der Waals surface area contributed by atoms with Crippen LogP contribution in [0.2, 0.25) is 0 Å². The molecule has 0 heterocycles. The average molecular weight is 295 g/mol. The molecule has 0 amide bonds. The zero-order chi connectivity index (χ0) is 15.3. The van der Waals surface area contributed by atoms with E-state index in [1.807, 2.05) is 6.92 Å². The zero-order valence-electron chi connectivity index (χ0n) is 11.2. The van der Waals surface area contributed by atoms with Crippen LogP contribution in [0.4, 0.5) is 0 Å². The number of carboxylic acid groups (broad SMARTS) is 1. The number of benzene rings is 1. The Morgan fingerprint density at radius 2 is 1.95 bits per heavy atom. The molecule has 1 unspecified atom stereocenters. The molecule has 1 rings (SSSR count). The van der Waals surface area contributed by atoms with Gasteiger partial charge in [-0.15, -0.1) is 0 Å². The number of carbonyl (C=O) groups is 1. The van der Waals surface area contributed by atoms with E-state index in [0.717, 1.165) is 5.56 Å². The number of rotatable bonds is 7. The summed E-state index contributed by atoms with van der Waals surface area (Å²) in [5.74, 6) is -1.26. The van der Waals surface area contributed by atoms with Crippen molar-refractivity contribution in [1.82, 2.24) is 4.72 Å². The second-order valence-corrected chi connectivity index (χ2v) is 6.11. The fraction of sp³-hybridized carbons (Fsp3) is 0.214. The first-order valence-electron chi connectivity index (χ1n) is 5.88. The molecule has 0 aliphatic heterocycles. The molecule has 108 valence electrons. The van der Waals surface area contributed by atoms with Crippen LogP contribution in [0.15, 0.2) is 54.0 Å². The van der Waals surface area contributed by atoms with Gasteiger partial charge < -0.3 is 5.11 Å². The summed E-state index contributed by atoms with van der Waals surface area (Å²) in [5.41, 5.74) is 1.36. The summed E-state index contributed by atoms with van der Waals surface area (Å²) < 4.78 is 26.4. The van der Waals surface area contributed by atoms with E-state index in [0.29, 0.717) is 5.57 Å². The Morgan fingerprint density at radius 3 is 2.40 bits per heavy atom. The van der Waals surface area contributed by atoms with Crippen molar-refractivity contribution in [3.63, 3.8) is 0 Å². The van der Waals surface area contributed by atoms with Gasteiger partial charge in [-0.2, -0.15) is 4.72 Å². The lowest BCUT2D eigenvalue weighted by molar-refractivity contribution is -0.138. The highest BCUT2D eigenvalue weighted by molar-refractivity contribution is 7.89. The van der Waals surface area contributed by atoms with Gasteiger partial charge in [-0.3, -0.25) is 4.79 Å². The first kappa shape index (κ1) is 16.1. The SMILES string of the molecule is C=CC(=C)CC(NS(=O)(=O)c1ccc(C)cc1)C(=O)O. The van der Waals surface area contributed by atoms with E-state index >= 15 is 0 Å². The maximum Gasteiger partial charge on any atom is 0.322 e. The van der Waals surface area contributed by atoms with Gasteiger partial charge in [0.05, 0.1) is 4.90 Å². The minimum absolute atomic E-state index is 0.0264. The topological polar surface area (TPSA) is 83.5 Å². The van der Waals surface area contributed by atoms with Crippen LogP contribution >= 0.6 is 0 Å². The molecule has 20 heavy (non-hydrogen) atoms. The van der Waals surface area contributed by atoms with Gasteiger partial charge in [0, 0.05) is 0 Å². The molecule has 0 bridgehead atoms. The van der Waals surface area contributed by atoms with Crippen molar-refractivity contribution < 1.29 is 18.3 Å². The number of sulfonamides is 1. The van der Waals surface area contributed by atoms with E-state index < -0.39 is 22.0 Å². The predicted molar refractivity (Wildman–Crippen MR) is 76.9 cm³/mol. The lowest BCUT2D eigenvalue weighted by Gasteiger charge is -2.15. The van der Waals surface area contributed by atoms with Gasteiger partial charge in [0.2, 0.25) is 10.0 Å². The second kappa shape index (κ2) is 6.49. The molecule has 0 aliphatic carbocycles. The summed E-state index contributed by atoms with van der Waals surface area (Å²) in [6.45, 7) is 8.89. The Balaban J connectivity index is 2.97. The Kier molecular flexibility index (Phi) is 5.24. The van der Waals surface area contributed by atoms with Gasteiger partial charge >= 0.3 is 5.97 Å². The summed E-state index contributed by atoms with van der Waals surface area (Å²) >= 11 is 0. The standard InChI is InChI=1S/C14H17NO4S/c1-4-10(2)9-13(14(16)17)15-20(18,19)12-7-5-11(3)6-8-12/h4-8,13,15H,1-2,9H2,3H3,(H,16,17). The molecule has 1 aromatic carbocycles. The quantitative estimate of drug-likeness (QED) is 0.752. The Bertz CT molecular complexity index is 617. The molecule has 2 N–H and O–H groups in total. The minimum atomic E-state index is -3.88. The highest BCUT2D eigenvalue weighted by Crippen LogP contribution is 2.13. The van der Waals surface area contributed by atoms with Crippen molar-refractivity contribution in [2.45, 2.75) is 24.3 Å². The van der Waals surface area contributed by atoms with Gasteiger partial charge in [-0.1, -0.05) is 42.5 Å². The van der Waals surface area contributed by atoms with Crippen molar-refractivity contribution in [2.24, 2.45) is 0 Å². The molecule has 1 atom stereocenters. The number of carboxylic acids is 1. The molecule has 0 saturated carbocycles. The first-order valence-corrected chi connectivity index (χ1v) is 7.36. The lowest BCUT2D eigenvalue weighted by Crippen LogP contribution is -2.40. The first-order chi connectivity index (χ1) is 9.26. The van der Waals surface area contributed by atoms with Crippen molar-refractivity contribution in [3.05, 3.63) is 54.6 Å². The van der Waals surface area contributed by atoms with Gasteiger partial charge in [-0.05, 0) is 25.5 Å². The maximum absolute atomic E-state index is 12.1. The summed E-state index contributed by atoms with van der Waals surface area (Å²) in [6.07, 6.45) is 1.36. The van der Waals surface area contributed by atoms with E-state index in [4.69, 9.17) is 5.11 Å². The van der Waals surface area contributed by atoms with Gasteiger partial charge in [-0.25, -0.2) is 8.42 Å². The maximum atomic E-state index is 12.1. The molecule has 1 aromatic rings. The molecular weight excluding hydrogens is 278 g/mol. The molecular formula is C14H17NO4S. The van der Waals surface area contributed by atoms with Gasteiger partial charge in [0.15, 0.2) is 0 Å². The number of hydrogen-bond donors (Lipinski definition) is 2. The van der Waals surface area contributed by atoms with E-state index in [2.05, 4.69) is 17.9 Å². The fourth-order valence-corrected chi connectivity index (χ4v) is 2.69. The molecule has 0 radical (unpaired) electrons. The minimum Gasteiger partial charge on any atom is -0.480 e. The van der Waals surface area contributed by atoms with E-state index in [1.165, 1.54) is 18.2 Å². The third-order valence-corrected chi connectivity index (χ3v) is 4.17. The Morgan fingerprint density at radius 1 is 1.40 bits per heavy atom. The third kappa shape index (κ3) is 4.32. The number of nitrogens with one attached hydrogen (secondary N) is 1. The number of allylic oxidation sites excluding steroid dienone is 1. The molecule has 0 saturated heterocycles. The monoisotopic (exact) mass is 295 g/mol. The van der Waals surface area contributed by atoms with Crippen molar-refractivity contribution in [1.29, 1.82) is 0 Å². The molecule has 0 aromatic heterocycles. The van der Waals surface area contributed by atoms with Gasteiger partial charge in [0.1, 0.15) is 6.04 Å². The van der Waals surface area contributed by atoms with E-state index in [1.54, 1.807) is 12.1 Å². The molecule has 6 heteroatoms. The molecule has 0 fully saturated rings. The highest BCUT2D eigenvalue weighted by Gasteiger charge is 2.25. The Hall–Kier alpha value is -1.92. The summed E-state index contributed by atoms with van der Waals surface area (Å²) in [5, 5.41) is 9.07. The average Bonchev–Trinajstić information content (AvgIpc) is 2.37. The largest absolute Gasteiger partial charge is 0.480 e. The van der Waals surface area contributed by atoms with Crippen LogP contribution in [0.1, 0.15) is 12.0 Å². The number of aliphatic carboxylic acids is 1. The normalized spacial score (nSPS) is 12.7. The summed E-state index contributed by atoms with van der Waals surface area (Å²) in [4.78, 5) is 11.1. The fourth-order valence-electron chi connectivity index (χ4n) is 1.50. The van der Waals surface area contributed by atoms with Crippen molar-refractivity contribution in [3.8, 4) is 0 Å². The van der Waals surface area contributed by atoms with E-state index in [9.17, 15) is 13.2 Å². The number of hydrogen-bond acceptors (Lipinski definition) is 3. The summed E-state index contributed by atoms with van der Waals surface area (Å²) in [6, 6.07) is 4.88. The third-order valence-electron chi connectivity index (χ3n) is 2.68. The predicted octanol–water partition coefficient (Wildman–Crippen LogP) is 1.86. The zero-order valence-corrected chi connectivity index (χ0v) is 12.0.